The highest BCUT2D eigenvalue weighted by atomic mass is 32.1. The number of benzene rings is 1. The summed E-state index contributed by atoms with van der Waals surface area (Å²) in [5.41, 5.74) is 5.80. The lowest BCUT2D eigenvalue weighted by molar-refractivity contribution is -0.133. The SMILES string of the molecule is Cc1c(C)c(C)c(C(=O)OCC(=O)N(C)Cc2cccs2)c(C)c1C. The minimum absolute atomic E-state index is 0.211. The van der Waals surface area contributed by atoms with Crippen LogP contribution in [-0.2, 0) is 16.1 Å². The Morgan fingerprint density at radius 3 is 2.08 bits per heavy atom. The first-order chi connectivity index (χ1) is 11.7. The molecule has 4 nitrogen and oxygen atoms in total. The van der Waals surface area contributed by atoms with Crippen molar-refractivity contribution in [2.45, 2.75) is 41.2 Å². The Hall–Kier alpha value is -2.14. The normalized spacial score (nSPS) is 10.6. The first-order valence-corrected chi connectivity index (χ1v) is 9.12. The number of ether oxygens (including phenoxy) is 1. The second-order valence-corrected chi connectivity index (χ2v) is 7.44. The van der Waals surface area contributed by atoms with Gasteiger partial charge in [0, 0.05) is 11.9 Å². The summed E-state index contributed by atoms with van der Waals surface area (Å²) >= 11 is 1.60. The first-order valence-electron chi connectivity index (χ1n) is 8.24. The molecule has 134 valence electrons. The van der Waals surface area contributed by atoms with Gasteiger partial charge in [-0.3, -0.25) is 4.79 Å². The van der Waals surface area contributed by atoms with Gasteiger partial charge in [0.1, 0.15) is 0 Å². The molecular weight excluding hydrogens is 334 g/mol. The van der Waals surface area contributed by atoms with E-state index in [1.165, 1.54) is 5.56 Å². The molecule has 2 aromatic rings. The van der Waals surface area contributed by atoms with E-state index in [4.69, 9.17) is 4.74 Å². The van der Waals surface area contributed by atoms with Crippen LogP contribution in [-0.4, -0.2) is 30.4 Å². The van der Waals surface area contributed by atoms with Gasteiger partial charge in [-0.05, 0) is 73.9 Å². The number of thiophene rings is 1. The third-order valence-corrected chi connectivity index (χ3v) is 5.79. The van der Waals surface area contributed by atoms with Crippen molar-refractivity contribution in [2.75, 3.05) is 13.7 Å². The van der Waals surface area contributed by atoms with Gasteiger partial charge in [0.05, 0.1) is 12.1 Å². The van der Waals surface area contributed by atoms with E-state index in [2.05, 4.69) is 6.92 Å². The van der Waals surface area contributed by atoms with E-state index in [-0.39, 0.29) is 12.5 Å². The van der Waals surface area contributed by atoms with Crippen LogP contribution in [0.4, 0.5) is 0 Å². The van der Waals surface area contributed by atoms with Gasteiger partial charge in [-0.25, -0.2) is 4.79 Å². The number of likely N-dealkylation sites (N-methyl/N-ethyl adjacent to an activating group) is 1. The molecular formula is C20H25NO3S. The third kappa shape index (κ3) is 4.10. The lowest BCUT2D eigenvalue weighted by atomic mass is 9.90. The molecule has 0 saturated carbocycles. The van der Waals surface area contributed by atoms with Crippen molar-refractivity contribution in [1.82, 2.24) is 4.90 Å². The highest BCUT2D eigenvalue weighted by Gasteiger charge is 2.21. The van der Waals surface area contributed by atoms with Crippen molar-refractivity contribution in [3.05, 3.63) is 55.8 Å². The highest BCUT2D eigenvalue weighted by Crippen LogP contribution is 2.26. The van der Waals surface area contributed by atoms with Gasteiger partial charge < -0.3 is 9.64 Å². The number of esters is 1. The van der Waals surface area contributed by atoms with Crippen molar-refractivity contribution in [1.29, 1.82) is 0 Å². The zero-order valence-electron chi connectivity index (χ0n) is 15.7. The Bertz CT molecular complexity index is 765. The summed E-state index contributed by atoms with van der Waals surface area (Å²) in [6.07, 6.45) is 0. The predicted molar refractivity (Wildman–Crippen MR) is 101 cm³/mol. The smallest absolute Gasteiger partial charge is 0.339 e. The molecule has 0 aliphatic carbocycles. The van der Waals surface area contributed by atoms with Crippen LogP contribution in [0.5, 0.6) is 0 Å². The summed E-state index contributed by atoms with van der Waals surface area (Å²) in [5, 5.41) is 1.97. The zero-order valence-corrected chi connectivity index (χ0v) is 16.5. The second-order valence-electron chi connectivity index (χ2n) is 6.41. The van der Waals surface area contributed by atoms with Crippen LogP contribution >= 0.6 is 11.3 Å². The van der Waals surface area contributed by atoms with Crippen molar-refractivity contribution >= 4 is 23.2 Å². The first kappa shape index (κ1) is 19.2. The Kier molecular flexibility index (Phi) is 6.01. The van der Waals surface area contributed by atoms with Crippen LogP contribution < -0.4 is 0 Å². The molecule has 0 aliphatic heterocycles. The predicted octanol–water partition coefficient (Wildman–Crippen LogP) is 4.11. The van der Waals surface area contributed by atoms with Crippen LogP contribution in [0.1, 0.15) is 43.1 Å². The second kappa shape index (κ2) is 7.83. The average molecular weight is 359 g/mol. The summed E-state index contributed by atoms with van der Waals surface area (Å²) < 4.78 is 5.31. The Labute approximate surface area is 153 Å². The van der Waals surface area contributed by atoms with Crippen LogP contribution in [0.2, 0.25) is 0 Å². The summed E-state index contributed by atoms with van der Waals surface area (Å²) in [4.78, 5) is 27.4. The van der Waals surface area contributed by atoms with Crippen molar-refractivity contribution < 1.29 is 14.3 Å². The molecule has 0 aliphatic rings. The number of carbonyl (C=O) groups excluding carboxylic acids is 2. The topological polar surface area (TPSA) is 46.6 Å². The summed E-state index contributed by atoms with van der Waals surface area (Å²) in [6, 6.07) is 3.93. The number of rotatable bonds is 5. The number of hydrogen-bond donors (Lipinski definition) is 0. The van der Waals surface area contributed by atoms with Gasteiger partial charge in [0.25, 0.3) is 5.91 Å². The minimum atomic E-state index is -0.431. The van der Waals surface area contributed by atoms with Crippen LogP contribution in [0.15, 0.2) is 17.5 Å². The summed E-state index contributed by atoms with van der Waals surface area (Å²) in [5.74, 6) is -0.642. The lowest BCUT2D eigenvalue weighted by Gasteiger charge is -2.19. The molecule has 0 saturated heterocycles. The fourth-order valence-corrected chi connectivity index (χ4v) is 3.60. The number of carbonyl (C=O) groups is 2. The molecule has 1 amide bonds. The van der Waals surface area contributed by atoms with Crippen LogP contribution in [0, 0.1) is 34.6 Å². The number of hydrogen-bond acceptors (Lipinski definition) is 4. The zero-order chi connectivity index (χ0) is 18.7. The molecule has 0 fully saturated rings. The molecule has 0 atom stereocenters. The monoisotopic (exact) mass is 359 g/mol. The molecule has 1 aromatic carbocycles. The maximum absolute atomic E-state index is 12.6. The molecule has 0 bridgehead atoms. The Morgan fingerprint density at radius 2 is 1.56 bits per heavy atom. The van der Waals surface area contributed by atoms with Crippen molar-refractivity contribution in [3.8, 4) is 0 Å². The van der Waals surface area contributed by atoms with Gasteiger partial charge in [0.2, 0.25) is 0 Å². The van der Waals surface area contributed by atoms with E-state index >= 15 is 0 Å². The van der Waals surface area contributed by atoms with E-state index in [1.807, 2.05) is 45.2 Å². The molecule has 0 radical (unpaired) electrons. The lowest BCUT2D eigenvalue weighted by Crippen LogP contribution is -2.30. The molecule has 5 heteroatoms. The molecule has 1 aromatic heterocycles. The van der Waals surface area contributed by atoms with Crippen molar-refractivity contribution in [3.63, 3.8) is 0 Å². The highest BCUT2D eigenvalue weighted by molar-refractivity contribution is 7.09. The Balaban J connectivity index is 2.07. The fraction of sp³-hybridized carbons (Fsp3) is 0.400. The van der Waals surface area contributed by atoms with E-state index in [9.17, 15) is 9.59 Å². The van der Waals surface area contributed by atoms with E-state index < -0.39 is 5.97 Å². The minimum Gasteiger partial charge on any atom is -0.452 e. The van der Waals surface area contributed by atoms with E-state index in [0.717, 1.165) is 27.1 Å². The van der Waals surface area contributed by atoms with Gasteiger partial charge in [0.15, 0.2) is 6.61 Å². The maximum Gasteiger partial charge on any atom is 0.339 e. The quantitative estimate of drug-likeness (QED) is 0.755. The molecule has 25 heavy (non-hydrogen) atoms. The van der Waals surface area contributed by atoms with Crippen LogP contribution in [0.3, 0.4) is 0 Å². The molecule has 2 rings (SSSR count). The van der Waals surface area contributed by atoms with Gasteiger partial charge in [-0.15, -0.1) is 11.3 Å². The van der Waals surface area contributed by atoms with Gasteiger partial charge >= 0.3 is 5.97 Å². The molecule has 1 heterocycles. The maximum atomic E-state index is 12.6. The molecule has 0 N–H and O–H groups in total. The van der Waals surface area contributed by atoms with Crippen molar-refractivity contribution in [2.24, 2.45) is 0 Å². The fourth-order valence-electron chi connectivity index (χ4n) is 2.84. The average Bonchev–Trinajstić information content (AvgIpc) is 3.09. The summed E-state index contributed by atoms with van der Waals surface area (Å²) in [6.45, 7) is 10.2. The van der Waals surface area contributed by atoms with E-state index in [1.54, 1.807) is 23.3 Å². The number of amides is 1. The summed E-state index contributed by atoms with van der Waals surface area (Å²) in [7, 11) is 1.71. The number of nitrogens with zero attached hydrogens (tertiary/aromatic N) is 1. The molecule has 0 unspecified atom stereocenters. The van der Waals surface area contributed by atoms with Gasteiger partial charge in [-0.1, -0.05) is 6.07 Å². The van der Waals surface area contributed by atoms with Crippen LogP contribution in [0.25, 0.3) is 0 Å². The standard InChI is InChI=1S/C20H25NO3S/c1-12-13(2)15(4)19(16(5)14(12)3)20(23)24-11-18(22)21(6)10-17-8-7-9-25-17/h7-9H,10-11H2,1-6H3. The Morgan fingerprint density at radius 1 is 1.00 bits per heavy atom. The van der Waals surface area contributed by atoms with E-state index in [0.29, 0.717) is 12.1 Å². The van der Waals surface area contributed by atoms with Gasteiger partial charge in [-0.2, -0.15) is 0 Å². The largest absolute Gasteiger partial charge is 0.452 e. The molecule has 0 spiro atoms. The third-order valence-electron chi connectivity index (χ3n) is 4.93.